The minimum absolute atomic E-state index is 0.0493. The molecule has 3 nitrogen and oxygen atoms in total. The Balaban J connectivity index is 2.59. The fourth-order valence-electron chi connectivity index (χ4n) is 1.51. The quantitative estimate of drug-likeness (QED) is 0.890. The normalized spacial score (nSPS) is 14.0. The van der Waals surface area contributed by atoms with Crippen LogP contribution in [0.2, 0.25) is 0 Å². The third kappa shape index (κ3) is 4.56. The van der Waals surface area contributed by atoms with Crippen molar-refractivity contribution in [2.45, 2.75) is 26.3 Å². The molecule has 1 rings (SSSR count). The number of hydrogen-bond donors (Lipinski definition) is 1. The van der Waals surface area contributed by atoms with E-state index >= 15 is 0 Å². The van der Waals surface area contributed by atoms with Gasteiger partial charge in [0.15, 0.2) is 0 Å². The number of amides is 1. The lowest BCUT2D eigenvalue weighted by atomic mass is 10.1. The van der Waals surface area contributed by atoms with Crippen molar-refractivity contribution in [1.29, 1.82) is 0 Å². The minimum atomic E-state index is -0.853. The standard InChI is InChI=1S/C13H18FNO2S/c1-9-8-11(4-5-12(9)14)13(16)15-10(2)6-7-18(3)17/h4-5,8,10H,6-7H2,1-3H3,(H,15,16). The lowest BCUT2D eigenvalue weighted by molar-refractivity contribution is 0.0939. The van der Waals surface area contributed by atoms with Crippen LogP contribution >= 0.6 is 0 Å². The van der Waals surface area contributed by atoms with Crippen molar-refractivity contribution in [2.24, 2.45) is 0 Å². The van der Waals surface area contributed by atoms with Crippen molar-refractivity contribution < 1.29 is 13.4 Å². The van der Waals surface area contributed by atoms with Gasteiger partial charge in [-0.1, -0.05) is 0 Å². The van der Waals surface area contributed by atoms with Gasteiger partial charge in [0, 0.05) is 34.4 Å². The fraction of sp³-hybridized carbons (Fsp3) is 0.462. The van der Waals surface area contributed by atoms with Crippen molar-refractivity contribution in [3.63, 3.8) is 0 Å². The maximum absolute atomic E-state index is 13.1. The molecule has 0 heterocycles. The number of aryl methyl sites for hydroxylation is 1. The summed E-state index contributed by atoms with van der Waals surface area (Å²) in [5.41, 5.74) is 0.892. The van der Waals surface area contributed by atoms with E-state index in [2.05, 4.69) is 5.32 Å². The number of halogens is 1. The molecule has 0 spiro atoms. The number of nitrogens with one attached hydrogen (secondary N) is 1. The van der Waals surface area contributed by atoms with Crippen molar-refractivity contribution in [2.75, 3.05) is 12.0 Å². The van der Waals surface area contributed by atoms with Crippen LogP contribution in [0.5, 0.6) is 0 Å². The second kappa shape index (κ2) is 6.64. The number of carbonyl (C=O) groups is 1. The van der Waals surface area contributed by atoms with Crippen LogP contribution in [0.1, 0.15) is 29.3 Å². The minimum Gasteiger partial charge on any atom is -0.350 e. The molecule has 1 aromatic rings. The van der Waals surface area contributed by atoms with E-state index in [1.165, 1.54) is 18.2 Å². The molecule has 0 aliphatic heterocycles. The second-order valence-electron chi connectivity index (χ2n) is 4.40. The SMILES string of the molecule is Cc1cc(C(=O)NC(C)CCS(C)=O)ccc1F. The molecule has 0 aliphatic rings. The number of benzene rings is 1. The molecule has 1 aromatic carbocycles. The Morgan fingerprint density at radius 2 is 2.17 bits per heavy atom. The average Bonchev–Trinajstić information content (AvgIpc) is 2.30. The average molecular weight is 271 g/mol. The van der Waals surface area contributed by atoms with Crippen molar-refractivity contribution >= 4 is 16.7 Å². The predicted octanol–water partition coefficient (Wildman–Crippen LogP) is 2.02. The highest BCUT2D eigenvalue weighted by molar-refractivity contribution is 7.84. The first kappa shape index (κ1) is 14.8. The van der Waals surface area contributed by atoms with Crippen LogP contribution in [0.15, 0.2) is 18.2 Å². The van der Waals surface area contributed by atoms with Gasteiger partial charge in [-0.25, -0.2) is 4.39 Å². The van der Waals surface area contributed by atoms with Crippen LogP contribution in [0.3, 0.4) is 0 Å². The van der Waals surface area contributed by atoms with Crippen LogP contribution in [-0.4, -0.2) is 28.2 Å². The Kier molecular flexibility index (Phi) is 5.47. The number of carbonyl (C=O) groups excluding carboxylic acids is 1. The van der Waals surface area contributed by atoms with Gasteiger partial charge < -0.3 is 5.32 Å². The maximum atomic E-state index is 13.1. The van der Waals surface area contributed by atoms with Crippen molar-refractivity contribution in [1.82, 2.24) is 5.32 Å². The van der Waals surface area contributed by atoms with Gasteiger partial charge in [0.25, 0.3) is 5.91 Å². The van der Waals surface area contributed by atoms with Gasteiger partial charge >= 0.3 is 0 Å². The van der Waals surface area contributed by atoms with E-state index < -0.39 is 10.8 Å². The van der Waals surface area contributed by atoms with E-state index in [0.717, 1.165) is 0 Å². The van der Waals surface area contributed by atoms with E-state index in [1.54, 1.807) is 13.2 Å². The lowest BCUT2D eigenvalue weighted by Crippen LogP contribution is -2.33. The first-order valence-corrected chi connectivity index (χ1v) is 7.50. The first-order chi connectivity index (χ1) is 8.40. The molecule has 0 saturated carbocycles. The summed E-state index contributed by atoms with van der Waals surface area (Å²) < 4.78 is 24.0. The van der Waals surface area contributed by atoms with E-state index in [1.807, 2.05) is 6.92 Å². The van der Waals surface area contributed by atoms with Gasteiger partial charge in [-0.2, -0.15) is 0 Å². The second-order valence-corrected chi connectivity index (χ2v) is 5.96. The highest BCUT2D eigenvalue weighted by atomic mass is 32.2. The fourth-order valence-corrected chi connectivity index (χ4v) is 2.19. The van der Waals surface area contributed by atoms with Gasteiger partial charge in [-0.15, -0.1) is 0 Å². The maximum Gasteiger partial charge on any atom is 0.251 e. The number of hydrogen-bond acceptors (Lipinski definition) is 2. The summed E-state index contributed by atoms with van der Waals surface area (Å²) in [7, 11) is -0.853. The predicted molar refractivity (Wildman–Crippen MR) is 71.6 cm³/mol. The molecule has 5 heteroatoms. The summed E-state index contributed by atoms with van der Waals surface area (Å²) in [6, 6.07) is 4.22. The van der Waals surface area contributed by atoms with Crippen LogP contribution in [-0.2, 0) is 10.8 Å². The topological polar surface area (TPSA) is 46.2 Å². The van der Waals surface area contributed by atoms with E-state index in [0.29, 0.717) is 23.3 Å². The molecule has 0 radical (unpaired) electrons. The summed E-state index contributed by atoms with van der Waals surface area (Å²) >= 11 is 0. The monoisotopic (exact) mass is 271 g/mol. The van der Waals surface area contributed by atoms with Gasteiger partial charge in [-0.05, 0) is 44.0 Å². The van der Waals surface area contributed by atoms with Gasteiger partial charge in [0.05, 0.1) is 0 Å². The summed E-state index contributed by atoms with van der Waals surface area (Å²) in [5, 5.41) is 2.80. The number of rotatable bonds is 5. The zero-order valence-electron chi connectivity index (χ0n) is 10.8. The molecule has 2 unspecified atom stereocenters. The molecule has 0 fully saturated rings. The Bertz CT molecular complexity index is 462. The molecule has 18 heavy (non-hydrogen) atoms. The molecular weight excluding hydrogens is 253 g/mol. The van der Waals surface area contributed by atoms with E-state index in [-0.39, 0.29) is 17.8 Å². The van der Waals surface area contributed by atoms with Gasteiger partial charge in [0.2, 0.25) is 0 Å². The lowest BCUT2D eigenvalue weighted by Gasteiger charge is -2.13. The highest BCUT2D eigenvalue weighted by Crippen LogP contribution is 2.09. The summed E-state index contributed by atoms with van der Waals surface area (Å²) in [6.45, 7) is 3.48. The van der Waals surface area contributed by atoms with Crippen LogP contribution in [0.4, 0.5) is 4.39 Å². The van der Waals surface area contributed by atoms with Crippen molar-refractivity contribution in [3.05, 3.63) is 35.1 Å². The largest absolute Gasteiger partial charge is 0.350 e. The van der Waals surface area contributed by atoms with Gasteiger partial charge in [-0.3, -0.25) is 9.00 Å². The third-order valence-corrected chi connectivity index (χ3v) is 3.45. The molecule has 0 saturated heterocycles. The molecule has 100 valence electrons. The Labute approximate surface area is 109 Å². The Morgan fingerprint density at radius 1 is 1.50 bits per heavy atom. The first-order valence-electron chi connectivity index (χ1n) is 5.77. The van der Waals surface area contributed by atoms with E-state index in [4.69, 9.17) is 0 Å². The summed E-state index contributed by atoms with van der Waals surface area (Å²) in [5.74, 6) is 0.0117. The zero-order chi connectivity index (χ0) is 13.7. The summed E-state index contributed by atoms with van der Waals surface area (Å²) in [4.78, 5) is 11.9. The molecule has 2 atom stereocenters. The van der Waals surface area contributed by atoms with Crippen molar-refractivity contribution in [3.8, 4) is 0 Å². The Morgan fingerprint density at radius 3 is 2.72 bits per heavy atom. The molecule has 1 amide bonds. The van der Waals surface area contributed by atoms with E-state index in [9.17, 15) is 13.4 Å². The smallest absolute Gasteiger partial charge is 0.251 e. The molecule has 0 bridgehead atoms. The highest BCUT2D eigenvalue weighted by Gasteiger charge is 2.11. The zero-order valence-corrected chi connectivity index (χ0v) is 11.6. The van der Waals surface area contributed by atoms with Crippen LogP contribution in [0, 0.1) is 12.7 Å². The summed E-state index contributed by atoms with van der Waals surface area (Å²) in [6.07, 6.45) is 2.30. The van der Waals surface area contributed by atoms with Crippen LogP contribution < -0.4 is 5.32 Å². The molecule has 1 N–H and O–H groups in total. The molecule has 0 aromatic heterocycles. The van der Waals surface area contributed by atoms with Crippen LogP contribution in [0.25, 0.3) is 0 Å². The molecule has 0 aliphatic carbocycles. The van der Waals surface area contributed by atoms with Gasteiger partial charge in [0.1, 0.15) is 5.82 Å². The third-order valence-electron chi connectivity index (χ3n) is 2.64. The molecular formula is C13H18FNO2S. The Hall–Kier alpha value is -1.23.